The Morgan fingerprint density at radius 3 is 2.20 bits per heavy atom. The van der Waals surface area contributed by atoms with Crippen LogP contribution >= 0.6 is 46.4 Å². The molecule has 11 nitrogen and oxygen atoms in total. The van der Waals surface area contributed by atoms with Crippen molar-refractivity contribution in [2.45, 2.75) is 62.0 Å². The number of aromatic nitrogens is 1. The van der Waals surface area contributed by atoms with Gasteiger partial charge in [-0.1, -0.05) is 65.0 Å². The minimum absolute atomic E-state index is 0.0414. The van der Waals surface area contributed by atoms with Crippen LogP contribution in [0.2, 0.25) is 20.1 Å². The first kappa shape index (κ1) is 37.3. The SMILES string of the molecule is CCOC(=O)[C@H](Cc1ccc(NC(=O)c2c(Cl)cncc2Cl)cc1)NC(=O)[C@@H]1C[C@@H](N2CCCCC2)CN1S(=O)(=O)c1cc(Cl)cc(Cl)c1. The molecule has 2 fully saturated rings. The van der Waals surface area contributed by atoms with E-state index >= 15 is 0 Å². The Balaban J connectivity index is 1.35. The fourth-order valence-corrected chi connectivity index (χ4v) is 9.03. The van der Waals surface area contributed by atoms with Gasteiger partial charge in [0, 0.05) is 47.1 Å². The molecular weight excluding hydrogens is 736 g/mol. The van der Waals surface area contributed by atoms with Crippen LogP contribution in [0, 0.1) is 0 Å². The highest BCUT2D eigenvalue weighted by molar-refractivity contribution is 7.89. The van der Waals surface area contributed by atoms with Gasteiger partial charge in [0.2, 0.25) is 15.9 Å². The Morgan fingerprint density at radius 1 is 0.959 bits per heavy atom. The number of carbonyl (C=O) groups excluding carboxylic acids is 3. The third-order valence-corrected chi connectivity index (χ3v) is 11.4. The molecule has 49 heavy (non-hydrogen) atoms. The molecular formula is C33H35Cl4N5O6S. The summed E-state index contributed by atoms with van der Waals surface area (Å²) in [5.41, 5.74) is 1.16. The van der Waals surface area contributed by atoms with Crippen molar-refractivity contribution in [2.24, 2.45) is 0 Å². The number of amides is 2. The molecule has 2 N–H and O–H groups in total. The fourth-order valence-electron chi connectivity index (χ4n) is 6.13. The summed E-state index contributed by atoms with van der Waals surface area (Å²) in [5, 5.41) is 6.00. The predicted molar refractivity (Wildman–Crippen MR) is 189 cm³/mol. The van der Waals surface area contributed by atoms with Gasteiger partial charge in [-0.2, -0.15) is 4.31 Å². The van der Waals surface area contributed by atoms with Crippen LogP contribution in [0.25, 0.3) is 0 Å². The first-order valence-corrected chi connectivity index (χ1v) is 18.7. The van der Waals surface area contributed by atoms with E-state index in [1.54, 1.807) is 31.2 Å². The van der Waals surface area contributed by atoms with Crippen molar-refractivity contribution in [2.75, 3.05) is 31.6 Å². The highest BCUT2D eigenvalue weighted by Gasteiger charge is 2.46. The second-order valence-electron chi connectivity index (χ2n) is 11.8. The molecule has 2 amide bonds. The Bertz CT molecular complexity index is 1770. The zero-order valence-corrected chi connectivity index (χ0v) is 30.3. The summed E-state index contributed by atoms with van der Waals surface area (Å²) in [6.45, 7) is 3.44. The number of nitrogens with one attached hydrogen (secondary N) is 2. The molecule has 0 radical (unpaired) electrons. The molecule has 262 valence electrons. The molecule has 16 heteroatoms. The topological polar surface area (TPSA) is 138 Å². The summed E-state index contributed by atoms with van der Waals surface area (Å²) in [6.07, 6.45) is 5.99. The minimum atomic E-state index is -4.21. The number of sulfonamides is 1. The van der Waals surface area contributed by atoms with E-state index in [-0.39, 0.29) is 62.6 Å². The summed E-state index contributed by atoms with van der Waals surface area (Å²) >= 11 is 24.5. The molecule has 5 rings (SSSR count). The van der Waals surface area contributed by atoms with Crippen LogP contribution in [-0.2, 0) is 30.8 Å². The average molecular weight is 772 g/mol. The van der Waals surface area contributed by atoms with Crippen molar-refractivity contribution in [3.05, 3.63) is 86.1 Å². The van der Waals surface area contributed by atoms with E-state index in [2.05, 4.69) is 20.5 Å². The molecule has 2 aliphatic rings. The van der Waals surface area contributed by atoms with Crippen molar-refractivity contribution >= 4 is 79.9 Å². The van der Waals surface area contributed by atoms with Gasteiger partial charge >= 0.3 is 5.97 Å². The van der Waals surface area contributed by atoms with Gasteiger partial charge < -0.3 is 15.4 Å². The summed E-state index contributed by atoms with van der Waals surface area (Å²) in [7, 11) is -4.21. The van der Waals surface area contributed by atoms with E-state index in [9.17, 15) is 22.8 Å². The highest BCUT2D eigenvalue weighted by Crippen LogP contribution is 2.33. The number of nitrogens with zero attached hydrogens (tertiary/aromatic N) is 3. The van der Waals surface area contributed by atoms with E-state index in [1.165, 1.54) is 34.9 Å². The number of rotatable bonds is 11. The van der Waals surface area contributed by atoms with Crippen LogP contribution < -0.4 is 10.6 Å². The Labute approximate surface area is 305 Å². The molecule has 2 aliphatic heterocycles. The van der Waals surface area contributed by atoms with Gasteiger partial charge in [0.15, 0.2) is 0 Å². The molecule has 3 atom stereocenters. The number of hydrogen-bond acceptors (Lipinski definition) is 8. The van der Waals surface area contributed by atoms with Crippen LogP contribution in [0.1, 0.15) is 48.5 Å². The third-order valence-electron chi connectivity index (χ3n) is 8.51. The summed E-state index contributed by atoms with van der Waals surface area (Å²) in [5.74, 6) is -1.82. The van der Waals surface area contributed by atoms with Crippen molar-refractivity contribution in [3.8, 4) is 0 Å². The monoisotopic (exact) mass is 769 g/mol. The fraction of sp³-hybridized carbons (Fsp3) is 0.394. The van der Waals surface area contributed by atoms with E-state index in [0.29, 0.717) is 11.3 Å². The van der Waals surface area contributed by atoms with Gasteiger partial charge in [-0.3, -0.25) is 19.5 Å². The highest BCUT2D eigenvalue weighted by atomic mass is 35.5. The Hall–Kier alpha value is -2.97. The van der Waals surface area contributed by atoms with Crippen LogP contribution in [-0.4, -0.2) is 84.8 Å². The standard InChI is InChI=1S/C33H35Cl4N5O6S/c1-2-48-33(45)28(12-20-6-8-23(9-7-20)39-32(44)30-26(36)17-38-18-27(30)37)40-31(43)29-16-24(41-10-4-3-5-11-41)19-42(29)49(46,47)25-14-21(34)13-22(35)15-25/h6-9,13-15,17-18,24,28-29H,2-5,10-12,16,19H2,1H3,(H,39,44)(H,40,43)/t24-,28+,29+/m1/s1. The quantitative estimate of drug-likeness (QED) is 0.232. The van der Waals surface area contributed by atoms with Crippen LogP contribution in [0.5, 0.6) is 0 Å². The second-order valence-corrected chi connectivity index (χ2v) is 15.4. The van der Waals surface area contributed by atoms with Crippen molar-refractivity contribution < 1.29 is 27.5 Å². The molecule has 0 bridgehead atoms. The molecule has 3 heterocycles. The number of hydrogen-bond donors (Lipinski definition) is 2. The Kier molecular flexibility index (Phi) is 12.5. The molecule has 1 aromatic heterocycles. The lowest BCUT2D eigenvalue weighted by molar-refractivity contribution is -0.147. The predicted octanol–water partition coefficient (Wildman–Crippen LogP) is 5.86. The first-order valence-electron chi connectivity index (χ1n) is 15.8. The molecule has 2 saturated heterocycles. The maximum Gasteiger partial charge on any atom is 0.328 e. The molecule has 2 aromatic carbocycles. The van der Waals surface area contributed by atoms with Gasteiger partial charge in [0.25, 0.3) is 5.91 Å². The second kappa shape index (κ2) is 16.4. The zero-order chi connectivity index (χ0) is 35.3. The number of anilines is 1. The van der Waals surface area contributed by atoms with Gasteiger partial charge in [-0.05, 0) is 75.2 Å². The van der Waals surface area contributed by atoms with E-state index in [4.69, 9.17) is 51.1 Å². The van der Waals surface area contributed by atoms with Crippen molar-refractivity contribution in [3.63, 3.8) is 0 Å². The lowest BCUT2D eigenvalue weighted by Crippen LogP contribution is -2.51. The number of esters is 1. The number of carbonyl (C=O) groups is 3. The van der Waals surface area contributed by atoms with Crippen LogP contribution in [0.4, 0.5) is 5.69 Å². The first-order chi connectivity index (χ1) is 23.4. The number of ether oxygens (including phenoxy) is 1. The molecule has 0 aliphatic carbocycles. The molecule has 0 unspecified atom stereocenters. The maximum absolute atomic E-state index is 14.0. The molecule has 3 aromatic rings. The van der Waals surface area contributed by atoms with Gasteiger partial charge in [-0.25, -0.2) is 13.2 Å². The third kappa shape index (κ3) is 9.04. The van der Waals surface area contributed by atoms with E-state index in [1.807, 2.05) is 0 Å². The minimum Gasteiger partial charge on any atom is -0.464 e. The molecule has 0 spiro atoms. The number of piperidine rings is 1. The van der Waals surface area contributed by atoms with Gasteiger partial charge in [-0.15, -0.1) is 0 Å². The van der Waals surface area contributed by atoms with Crippen LogP contribution in [0.3, 0.4) is 0 Å². The van der Waals surface area contributed by atoms with Crippen molar-refractivity contribution in [1.82, 2.24) is 19.5 Å². The largest absolute Gasteiger partial charge is 0.464 e. The molecule has 0 saturated carbocycles. The average Bonchev–Trinajstić information content (AvgIpc) is 3.52. The summed E-state index contributed by atoms with van der Waals surface area (Å²) in [4.78, 5) is 45.9. The maximum atomic E-state index is 14.0. The number of pyridine rings is 1. The number of halogens is 4. The lowest BCUT2D eigenvalue weighted by Gasteiger charge is -2.32. The Morgan fingerprint density at radius 2 is 1.59 bits per heavy atom. The van der Waals surface area contributed by atoms with E-state index in [0.717, 1.165) is 32.4 Å². The van der Waals surface area contributed by atoms with Crippen LogP contribution in [0.15, 0.2) is 59.8 Å². The van der Waals surface area contributed by atoms with E-state index < -0.39 is 39.9 Å². The van der Waals surface area contributed by atoms with Crippen molar-refractivity contribution in [1.29, 1.82) is 0 Å². The normalized spacial score (nSPS) is 19.3. The lowest BCUT2D eigenvalue weighted by atomic mass is 10.0. The summed E-state index contributed by atoms with van der Waals surface area (Å²) in [6, 6.07) is 8.26. The van der Waals surface area contributed by atoms with Gasteiger partial charge in [0.1, 0.15) is 12.1 Å². The zero-order valence-electron chi connectivity index (χ0n) is 26.5. The number of benzene rings is 2. The van der Waals surface area contributed by atoms with Gasteiger partial charge in [0.05, 0.1) is 27.1 Å². The summed E-state index contributed by atoms with van der Waals surface area (Å²) < 4.78 is 34.5. The smallest absolute Gasteiger partial charge is 0.328 e. The number of likely N-dealkylation sites (tertiary alicyclic amines) is 1.